The molecule has 0 N–H and O–H groups in total. The molecule has 0 spiro atoms. The maximum absolute atomic E-state index is 13.5. The van der Waals surface area contributed by atoms with Gasteiger partial charge in [0.05, 0.1) is 11.0 Å². The highest BCUT2D eigenvalue weighted by molar-refractivity contribution is 7.92. The van der Waals surface area contributed by atoms with Crippen molar-refractivity contribution in [2.24, 2.45) is 0 Å². The van der Waals surface area contributed by atoms with E-state index in [9.17, 15) is 13.2 Å². The summed E-state index contributed by atoms with van der Waals surface area (Å²) in [5.74, 6) is 0.952. The number of para-hydroxylation sites is 2. The zero-order chi connectivity index (χ0) is 20.8. The number of rotatable bonds is 4. The number of hydrogen-bond acceptors (Lipinski definition) is 4. The molecule has 29 heavy (non-hydrogen) atoms. The summed E-state index contributed by atoms with van der Waals surface area (Å²) in [6.07, 6.45) is 5.59. The van der Waals surface area contributed by atoms with E-state index in [0.29, 0.717) is 25.9 Å². The zero-order valence-corrected chi connectivity index (χ0v) is 18.4. The third-order valence-corrected chi connectivity index (χ3v) is 8.73. The van der Waals surface area contributed by atoms with Crippen LogP contribution in [0.4, 0.5) is 0 Å². The van der Waals surface area contributed by atoms with Gasteiger partial charge in [-0.15, -0.1) is 0 Å². The Morgan fingerprint density at radius 3 is 2.52 bits per heavy atom. The normalized spacial score (nSPS) is 22.5. The summed E-state index contributed by atoms with van der Waals surface area (Å²) in [7, 11) is -3.45. The topological polar surface area (TPSA) is 72.3 Å². The summed E-state index contributed by atoms with van der Waals surface area (Å²) < 4.78 is 26.2. The van der Waals surface area contributed by atoms with Gasteiger partial charge in [0.25, 0.3) is 0 Å². The second-order valence-electron chi connectivity index (χ2n) is 8.99. The van der Waals surface area contributed by atoms with E-state index in [1.807, 2.05) is 23.1 Å². The Labute approximate surface area is 173 Å². The van der Waals surface area contributed by atoms with Crippen molar-refractivity contribution in [3.63, 3.8) is 0 Å². The maximum atomic E-state index is 13.5. The fourth-order valence-corrected chi connectivity index (χ4v) is 6.72. The summed E-state index contributed by atoms with van der Waals surface area (Å²) in [5, 5.41) is 0. The first kappa shape index (κ1) is 20.4. The molecular weight excluding hydrogens is 386 g/mol. The molecule has 2 heterocycles. The number of aromatic nitrogens is 2. The Balaban J connectivity index is 1.67. The summed E-state index contributed by atoms with van der Waals surface area (Å²) in [6, 6.07) is 8.41. The number of imidazole rings is 1. The first-order valence-corrected chi connectivity index (χ1v) is 12.6. The van der Waals surface area contributed by atoms with Crippen LogP contribution in [-0.2, 0) is 14.6 Å². The van der Waals surface area contributed by atoms with Crippen LogP contribution in [0.5, 0.6) is 0 Å². The molecule has 1 aromatic carbocycles. The van der Waals surface area contributed by atoms with Gasteiger partial charge in [0.15, 0.2) is 14.6 Å². The second kappa shape index (κ2) is 7.42. The number of amides is 1. The average molecular weight is 418 g/mol. The van der Waals surface area contributed by atoms with E-state index >= 15 is 0 Å². The molecule has 2 aliphatic rings. The smallest absolute Gasteiger partial charge is 0.244 e. The van der Waals surface area contributed by atoms with Crippen LogP contribution >= 0.6 is 0 Å². The molecule has 7 heteroatoms. The lowest BCUT2D eigenvalue weighted by molar-refractivity contribution is -0.135. The molecule has 1 saturated carbocycles. The number of carbonyl (C=O) groups is 1. The third kappa shape index (κ3) is 3.37. The van der Waals surface area contributed by atoms with E-state index in [0.717, 1.165) is 42.5 Å². The van der Waals surface area contributed by atoms with E-state index in [4.69, 9.17) is 4.98 Å². The summed E-state index contributed by atoms with van der Waals surface area (Å²) >= 11 is 0. The van der Waals surface area contributed by atoms with Gasteiger partial charge < -0.3 is 9.47 Å². The summed E-state index contributed by atoms with van der Waals surface area (Å²) in [6.45, 7) is 5.49. The van der Waals surface area contributed by atoms with Gasteiger partial charge in [-0.25, -0.2) is 13.4 Å². The minimum atomic E-state index is -3.45. The Morgan fingerprint density at radius 2 is 1.86 bits per heavy atom. The lowest BCUT2D eigenvalue weighted by Crippen LogP contribution is -2.54. The van der Waals surface area contributed by atoms with Crippen LogP contribution in [0, 0.1) is 0 Å². The van der Waals surface area contributed by atoms with Crippen molar-refractivity contribution in [2.75, 3.05) is 19.3 Å². The van der Waals surface area contributed by atoms with E-state index < -0.39 is 14.6 Å². The highest BCUT2D eigenvalue weighted by Gasteiger charge is 2.52. The Kier molecular flexibility index (Phi) is 5.21. The van der Waals surface area contributed by atoms with Crippen molar-refractivity contribution in [1.82, 2.24) is 14.5 Å². The SMILES string of the molecule is CC(C)n1c(C2CCCN(C(=O)C3(S(C)(=O)=O)CCCC3)C2)nc2ccccc21. The van der Waals surface area contributed by atoms with Gasteiger partial charge in [0.2, 0.25) is 5.91 Å². The fourth-order valence-electron chi connectivity index (χ4n) is 5.24. The number of piperidine rings is 1. The van der Waals surface area contributed by atoms with Gasteiger partial charge in [-0.05, 0) is 51.7 Å². The van der Waals surface area contributed by atoms with Crippen LogP contribution in [0.2, 0.25) is 0 Å². The molecule has 158 valence electrons. The lowest BCUT2D eigenvalue weighted by Gasteiger charge is -2.38. The van der Waals surface area contributed by atoms with Gasteiger partial charge in [-0.2, -0.15) is 0 Å². The maximum Gasteiger partial charge on any atom is 0.244 e. The van der Waals surface area contributed by atoms with Crippen molar-refractivity contribution < 1.29 is 13.2 Å². The molecular formula is C22H31N3O3S. The molecule has 2 fully saturated rings. The van der Waals surface area contributed by atoms with Crippen LogP contribution in [0.15, 0.2) is 24.3 Å². The Morgan fingerprint density at radius 1 is 1.17 bits per heavy atom. The molecule has 0 bridgehead atoms. The molecule has 1 aliphatic carbocycles. The highest BCUT2D eigenvalue weighted by atomic mass is 32.2. The van der Waals surface area contributed by atoms with E-state index in [2.05, 4.69) is 24.5 Å². The number of sulfone groups is 1. The number of benzene rings is 1. The fraction of sp³-hybridized carbons (Fsp3) is 0.636. The molecule has 1 unspecified atom stereocenters. The molecule has 1 saturated heterocycles. The Hall–Kier alpha value is -1.89. The van der Waals surface area contributed by atoms with Crippen LogP contribution < -0.4 is 0 Å². The van der Waals surface area contributed by atoms with E-state index in [1.54, 1.807) is 0 Å². The number of nitrogens with zero attached hydrogens (tertiary/aromatic N) is 3. The third-order valence-electron chi connectivity index (χ3n) is 6.72. The average Bonchev–Trinajstić information content (AvgIpc) is 3.33. The number of likely N-dealkylation sites (tertiary alicyclic amines) is 1. The van der Waals surface area contributed by atoms with E-state index in [-0.39, 0.29) is 17.9 Å². The minimum Gasteiger partial charge on any atom is -0.341 e. The minimum absolute atomic E-state index is 0.125. The first-order chi connectivity index (χ1) is 13.7. The van der Waals surface area contributed by atoms with Gasteiger partial charge >= 0.3 is 0 Å². The highest BCUT2D eigenvalue weighted by Crippen LogP contribution is 2.40. The van der Waals surface area contributed by atoms with Crippen molar-refractivity contribution in [3.05, 3.63) is 30.1 Å². The van der Waals surface area contributed by atoms with E-state index in [1.165, 1.54) is 6.26 Å². The van der Waals surface area contributed by atoms with Crippen LogP contribution in [0.1, 0.15) is 70.2 Å². The predicted molar refractivity (Wildman–Crippen MR) is 115 cm³/mol. The number of carbonyl (C=O) groups excluding carboxylic acids is 1. The van der Waals surface area contributed by atoms with Gasteiger partial charge in [-0.3, -0.25) is 4.79 Å². The number of hydrogen-bond donors (Lipinski definition) is 0. The van der Waals surface area contributed by atoms with Crippen molar-refractivity contribution in [2.45, 2.75) is 69.1 Å². The van der Waals surface area contributed by atoms with Crippen molar-refractivity contribution >= 4 is 26.8 Å². The Bertz CT molecular complexity index is 1020. The zero-order valence-electron chi connectivity index (χ0n) is 17.6. The standard InChI is InChI=1S/C22H31N3O3S/c1-16(2)25-19-11-5-4-10-18(19)23-20(25)17-9-8-14-24(15-17)21(26)22(29(3,27)28)12-6-7-13-22/h4-5,10-11,16-17H,6-9,12-15H2,1-3H3. The summed E-state index contributed by atoms with van der Waals surface area (Å²) in [5.41, 5.74) is 2.09. The van der Waals surface area contributed by atoms with Crippen LogP contribution in [0.25, 0.3) is 11.0 Å². The largest absolute Gasteiger partial charge is 0.341 e. The molecule has 1 amide bonds. The van der Waals surface area contributed by atoms with Gasteiger partial charge in [-0.1, -0.05) is 25.0 Å². The molecule has 4 rings (SSSR count). The molecule has 1 aromatic heterocycles. The first-order valence-electron chi connectivity index (χ1n) is 10.7. The second-order valence-corrected chi connectivity index (χ2v) is 11.3. The van der Waals surface area contributed by atoms with Crippen LogP contribution in [0.3, 0.4) is 0 Å². The van der Waals surface area contributed by atoms with Crippen molar-refractivity contribution in [3.8, 4) is 0 Å². The van der Waals surface area contributed by atoms with Crippen LogP contribution in [-0.4, -0.2) is 52.9 Å². The van der Waals surface area contributed by atoms with Crippen molar-refractivity contribution in [1.29, 1.82) is 0 Å². The summed E-state index contributed by atoms with van der Waals surface area (Å²) in [4.78, 5) is 20.2. The lowest BCUT2D eigenvalue weighted by atomic mass is 9.94. The quantitative estimate of drug-likeness (QED) is 0.761. The molecule has 1 atom stereocenters. The van der Waals surface area contributed by atoms with Gasteiger partial charge in [0.1, 0.15) is 5.82 Å². The molecule has 1 aliphatic heterocycles. The van der Waals surface area contributed by atoms with Gasteiger partial charge in [0, 0.05) is 31.3 Å². The molecule has 6 nitrogen and oxygen atoms in total. The monoisotopic (exact) mass is 417 g/mol. The molecule has 2 aromatic rings. The molecule has 0 radical (unpaired) electrons. The number of fused-ring (bicyclic) bond motifs is 1. The predicted octanol–water partition coefficient (Wildman–Crippen LogP) is 3.68.